The van der Waals surface area contributed by atoms with Crippen LogP contribution in [0.25, 0.3) is 0 Å². The van der Waals surface area contributed by atoms with E-state index in [2.05, 4.69) is 5.32 Å². The second-order valence-electron chi connectivity index (χ2n) is 4.56. The Balaban J connectivity index is 2.53. The van der Waals surface area contributed by atoms with Gasteiger partial charge < -0.3 is 20.5 Å². The Labute approximate surface area is 118 Å². The van der Waals surface area contributed by atoms with Crippen LogP contribution in [0.4, 0.5) is 5.69 Å². The summed E-state index contributed by atoms with van der Waals surface area (Å²) >= 11 is 0. The van der Waals surface area contributed by atoms with E-state index >= 15 is 0 Å². The van der Waals surface area contributed by atoms with E-state index in [0.717, 1.165) is 0 Å². The normalized spacial score (nSPS) is 10.2. The number of esters is 1. The number of rotatable bonds is 6. The lowest BCUT2D eigenvalue weighted by atomic mass is 10.2. The number of nitrogen functional groups attached to an aromatic ring is 1. The van der Waals surface area contributed by atoms with E-state index in [1.54, 1.807) is 12.1 Å². The first-order valence-electron chi connectivity index (χ1n) is 6.34. The fourth-order valence-electron chi connectivity index (χ4n) is 1.55. The largest absolute Gasteiger partial charge is 0.497 e. The van der Waals surface area contributed by atoms with Gasteiger partial charge in [0.05, 0.1) is 19.1 Å². The number of carbonyl (C=O) groups is 2. The lowest BCUT2D eigenvalue weighted by Crippen LogP contribution is -2.31. The Bertz CT molecular complexity index is 486. The number of methoxy groups -OCH3 is 1. The molecule has 0 heterocycles. The van der Waals surface area contributed by atoms with Crippen LogP contribution in [0, 0.1) is 0 Å². The molecule has 0 aliphatic heterocycles. The maximum atomic E-state index is 11.8. The molecule has 3 N–H and O–H groups in total. The molecule has 1 aromatic rings. The van der Waals surface area contributed by atoms with Gasteiger partial charge in [0.2, 0.25) is 5.91 Å². The zero-order valence-electron chi connectivity index (χ0n) is 11.9. The highest BCUT2D eigenvalue weighted by Gasteiger charge is 2.13. The van der Waals surface area contributed by atoms with Crippen molar-refractivity contribution in [2.24, 2.45) is 0 Å². The average Bonchev–Trinajstić information content (AvgIpc) is 2.38. The third-order valence-electron chi connectivity index (χ3n) is 2.49. The minimum Gasteiger partial charge on any atom is -0.497 e. The molecule has 0 saturated heterocycles. The third-order valence-corrected chi connectivity index (χ3v) is 2.49. The van der Waals surface area contributed by atoms with Gasteiger partial charge in [-0.15, -0.1) is 0 Å². The van der Waals surface area contributed by atoms with E-state index in [1.807, 2.05) is 13.8 Å². The molecule has 6 nitrogen and oxygen atoms in total. The lowest BCUT2D eigenvalue weighted by molar-refractivity contribution is -0.122. The monoisotopic (exact) mass is 280 g/mol. The Hall–Kier alpha value is -2.24. The Morgan fingerprint density at radius 1 is 1.35 bits per heavy atom. The van der Waals surface area contributed by atoms with Crippen molar-refractivity contribution in [3.8, 4) is 5.75 Å². The molecule has 0 fully saturated rings. The number of benzene rings is 1. The quantitative estimate of drug-likeness (QED) is 0.606. The molecule has 0 atom stereocenters. The van der Waals surface area contributed by atoms with Crippen LogP contribution in [0.5, 0.6) is 5.75 Å². The minimum atomic E-state index is -0.571. The number of amides is 1. The van der Waals surface area contributed by atoms with E-state index in [-0.39, 0.29) is 30.5 Å². The molecule has 0 aliphatic carbocycles. The predicted molar refractivity (Wildman–Crippen MR) is 75.6 cm³/mol. The first-order chi connectivity index (χ1) is 9.43. The second-order valence-corrected chi connectivity index (χ2v) is 4.56. The van der Waals surface area contributed by atoms with Gasteiger partial charge in [-0.1, -0.05) is 0 Å². The fourth-order valence-corrected chi connectivity index (χ4v) is 1.55. The summed E-state index contributed by atoms with van der Waals surface area (Å²) in [5.74, 6) is -0.214. The molecule has 0 spiro atoms. The number of hydrogen-bond donors (Lipinski definition) is 2. The highest BCUT2D eigenvalue weighted by atomic mass is 16.5. The zero-order chi connectivity index (χ0) is 15.1. The highest BCUT2D eigenvalue weighted by Crippen LogP contribution is 2.20. The molecular weight excluding hydrogens is 260 g/mol. The van der Waals surface area contributed by atoms with Crippen LogP contribution in [0.15, 0.2) is 18.2 Å². The molecule has 0 saturated carbocycles. The number of nitrogens with two attached hydrogens (primary N) is 1. The molecule has 20 heavy (non-hydrogen) atoms. The van der Waals surface area contributed by atoms with E-state index in [9.17, 15) is 9.59 Å². The van der Waals surface area contributed by atoms with Crippen molar-refractivity contribution in [2.45, 2.75) is 26.3 Å². The van der Waals surface area contributed by atoms with Crippen LogP contribution in [-0.4, -0.2) is 31.6 Å². The highest BCUT2D eigenvalue weighted by molar-refractivity contribution is 5.95. The van der Waals surface area contributed by atoms with Crippen LogP contribution < -0.4 is 15.8 Å². The molecule has 0 unspecified atom stereocenters. The smallest absolute Gasteiger partial charge is 0.340 e. The van der Waals surface area contributed by atoms with E-state index in [0.29, 0.717) is 11.4 Å². The van der Waals surface area contributed by atoms with Crippen LogP contribution in [0.2, 0.25) is 0 Å². The molecule has 1 rings (SSSR count). The van der Waals surface area contributed by atoms with Gasteiger partial charge in [0, 0.05) is 11.7 Å². The first-order valence-corrected chi connectivity index (χ1v) is 6.34. The molecule has 1 amide bonds. The predicted octanol–water partition coefficient (Wildman–Crippen LogP) is 1.35. The Morgan fingerprint density at radius 2 is 2.05 bits per heavy atom. The molecule has 0 radical (unpaired) electrons. The summed E-state index contributed by atoms with van der Waals surface area (Å²) in [7, 11) is 1.50. The zero-order valence-corrected chi connectivity index (χ0v) is 11.9. The van der Waals surface area contributed by atoms with E-state index in [4.69, 9.17) is 15.2 Å². The van der Waals surface area contributed by atoms with Crippen molar-refractivity contribution in [1.82, 2.24) is 5.32 Å². The molecule has 110 valence electrons. The summed E-state index contributed by atoms with van der Waals surface area (Å²) in [5, 5.41) is 2.71. The number of nitrogens with one attached hydrogen (secondary N) is 1. The Kier molecular flexibility index (Phi) is 5.83. The fraction of sp³-hybridized carbons (Fsp3) is 0.429. The van der Waals surface area contributed by atoms with Gasteiger partial charge in [-0.3, -0.25) is 4.79 Å². The van der Waals surface area contributed by atoms with Crippen molar-refractivity contribution in [2.75, 3.05) is 19.5 Å². The third kappa shape index (κ3) is 4.79. The summed E-state index contributed by atoms with van der Waals surface area (Å²) in [4.78, 5) is 23.2. The van der Waals surface area contributed by atoms with Crippen LogP contribution in [0.1, 0.15) is 30.6 Å². The van der Waals surface area contributed by atoms with Crippen LogP contribution in [0.3, 0.4) is 0 Å². The Morgan fingerprint density at radius 3 is 2.65 bits per heavy atom. The van der Waals surface area contributed by atoms with Gasteiger partial charge in [0.1, 0.15) is 12.4 Å². The average molecular weight is 280 g/mol. The SMILES string of the molecule is COc1ccc(N)c(C(=O)OCCC(=O)NC(C)C)c1. The molecule has 0 aromatic heterocycles. The van der Waals surface area contributed by atoms with Gasteiger partial charge in [-0.05, 0) is 32.0 Å². The van der Waals surface area contributed by atoms with Crippen molar-refractivity contribution in [1.29, 1.82) is 0 Å². The maximum Gasteiger partial charge on any atom is 0.340 e. The van der Waals surface area contributed by atoms with E-state index < -0.39 is 5.97 Å². The van der Waals surface area contributed by atoms with Gasteiger partial charge >= 0.3 is 5.97 Å². The number of carbonyl (C=O) groups excluding carboxylic acids is 2. The van der Waals surface area contributed by atoms with Crippen LogP contribution >= 0.6 is 0 Å². The van der Waals surface area contributed by atoms with Gasteiger partial charge in [-0.2, -0.15) is 0 Å². The number of hydrogen-bond acceptors (Lipinski definition) is 5. The molecule has 1 aromatic carbocycles. The number of anilines is 1. The van der Waals surface area contributed by atoms with Gasteiger partial charge in [0.25, 0.3) is 0 Å². The summed E-state index contributed by atoms with van der Waals surface area (Å²) in [6, 6.07) is 4.79. The minimum absolute atomic E-state index is 0.00797. The lowest BCUT2D eigenvalue weighted by Gasteiger charge is -2.10. The second kappa shape index (κ2) is 7.37. The summed E-state index contributed by atoms with van der Waals surface area (Å²) in [6.45, 7) is 3.73. The molecule has 0 bridgehead atoms. The molecular formula is C14H20N2O4. The van der Waals surface area contributed by atoms with Crippen LogP contribution in [-0.2, 0) is 9.53 Å². The standard InChI is InChI=1S/C14H20N2O4/c1-9(2)16-13(17)6-7-20-14(18)11-8-10(19-3)4-5-12(11)15/h4-5,8-9H,6-7,15H2,1-3H3,(H,16,17). The number of ether oxygens (including phenoxy) is 2. The molecule has 6 heteroatoms. The van der Waals surface area contributed by atoms with Crippen molar-refractivity contribution in [3.63, 3.8) is 0 Å². The summed E-state index contributed by atoms with van der Waals surface area (Å²) in [5.41, 5.74) is 6.24. The van der Waals surface area contributed by atoms with Crippen molar-refractivity contribution < 1.29 is 19.1 Å². The van der Waals surface area contributed by atoms with E-state index in [1.165, 1.54) is 13.2 Å². The summed E-state index contributed by atoms with van der Waals surface area (Å²) in [6.07, 6.45) is 0.119. The van der Waals surface area contributed by atoms with Crippen molar-refractivity contribution in [3.05, 3.63) is 23.8 Å². The van der Waals surface area contributed by atoms with Gasteiger partial charge in [-0.25, -0.2) is 4.79 Å². The maximum absolute atomic E-state index is 11.8. The van der Waals surface area contributed by atoms with Crippen molar-refractivity contribution >= 4 is 17.6 Å². The summed E-state index contributed by atoms with van der Waals surface area (Å²) < 4.78 is 10.0. The topological polar surface area (TPSA) is 90.7 Å². The van der Waals surface area contributed by atoms with Gasteiger partial charge in [0.15, 0.2) is 0 Å². The molecule has 0 aliphatic rings. The first kappa shape index (κ1) is 15.8.